The minimum atomic E-state index is -0.610. The first-order valence-electron chi connectivity index (χ1n) is 12.3. The molecule has 3 nitrogen and oxygen atoms in total. The number of benzene rings is 4. The van der Waals surface area contributed by atoms with Crippen LogP contribution < -0.4 is 11.1 Å². The van der Waals surface area contributed by atoms with Crippen LogP contribution in [0.5, 0.6) is 0 Å². The van der Waals surface area contributed by atoms with Crippen LogP contribution in [0.1, 0.15) is 31.9 Å². The van der Waals surface area contributed by atoms with Gasteiger partial charge >= 0.3 is 0 Å². The van der Waals surface area contributed by atoms with Crippen molar-refractivity contribution in [3.63, 3.8) is 0 Å². The minimum Gasteiger partial charge on any atom is -0.455 e. The molecule has 4 aromatic carbocycles. The van der Waals surface area contributed by atoms with Crippen molar-refractivity contribution in [3.05, 3.63) is 89.7 Å². The molecule has 0 aliphatic heterocycles. The van der Waals surface area contributed by atoms with E-state index in [4.69, 9.17) is 20.1 Å². The lowest BCUT2D eigenvalue weighted by Gasteiger charge is -2.25. The van der Waals surface area contributed by atoms with Crippen LogP contribution >= 0.6 is 0 Å². The molecule has 6 heteroatoms. The van der Waals surface area contributed by atoms with E-state index in [0.717, 1.165) is 27.3 Å². The number of nitrogens with zero attached hydrogens (tertiary/aromatic N) is 2. The molecule has 0 N–H and O–H groups in total. The lowest BCUT2D eigenvalue weighted by Crippen LogP contribution is -2.34. The van der Waals surface area contributed by atoms with Crippen LogP contribution in [0, 0.1) is 17.1 Å². The highest BCUT2D eigenvalue weighted by Crippen LogP contribution is 2.41. The Morgan fingerprint density at radius 3 is 2.37 bits per heavy atom. The lowest BCUT2D eigenvalue weighted by molar-refractivity contribution is 0.528. The monoisotopic (exact) mass is 490 g/mol. The smallest absolute Gasteiger partial charge is 0.145 e. The molecule has 4 radical (unpaired) electrons. The molecule has 0 unspecified atom stereocenters. The molecule has 0 aliphatic rings. The fraction of sp³-hybridized carbons (Fsp3) is 0.125. The third-order valence-electron chi connectivity index (χ3n) is 7.03. The van der Waals surface area contributed by atoms with Gasteiger partial charge in [0.1, 0.15) is 32.7 Å². The quantitative estimate of drug-likeness (QED) is 0.266. The van der Waals surface area contributed by atoms with Gasteiger partial charge in [0.25, 0.3) is 0 Å². The summed E-state index contributed by atoms with van der Waals surface area (Å²) in [6.07, 6.45) is 0. The van der Waals surface area contributed by atoms with Gasteiger partial charge in [0.2, 0.25) is 0 Å². The van der Waals surface area contributed by atoms with E-state index in [1.54, 1.807) is 0 Å². The van der Waals surface area contributed by atoms with Crippen LogP contribution in [-0.4, -0.2) is 20.7 Å². The number of halogens is 1. The Morgan fingerprint density at radius 1 is 0.868 bits per heavy atom. The van der Waals surface area contributed by atoms with E-state index in [0.29, 0.717) is 38.9 Å². The Bertz CT molecular complexity index is 1960. The van der Waals surface area contributed by atoms with Crippen molar-refractivity contribution in [1.29, 1.82) is 5.26 Å². The Morgan fingerprint density at radius 2 is 1.63 bits per heavy atom. The van der Waals surface area contributed by atoms with Gasteiger partial charge in [-0.1, -0.05) is 74.8 Å². The van der Waals surface area contributed by atoms with Gasteiger partial charge < -0.3 is 4.42 Å². The van der Waals surface area contributed by atoms with Gasteiger partial charge in [0, 0.05) is 27.5 Å². The number of nitriles is 1. The molecule has 178 valence electrons. The molecular formula is C32H21B2FN2O. The average molecular weight is 490 g/mol. The van der Waals surface area contributed by atoms with E-state index < -0.39 is 11.2 Å². The van der Waals surface area contributed by atoms with Gasteiger partial charge in [-0.25, -0.2) is 4.39 Å². The lowest BCUT2D eigenvalue weighted by atomic mass is 9.74. The second kappa shape index (κ2) is 8.60. The first-order valence-corrected chi connectivity index (χ1v) is 12.3. The van der Waals surface area contributed by atoms with Crippen molar-refractivity contribution in [2.24, 2.45) is 0 Å². The van der Waals surface area contributed by atoms with Gasteiger partial charge in [-0.05, 0) is 51.6 Å². The number of furan rings is 1. The van der Waals surface area contributed by atoms with Crippen LogP contribution in [0.2, 0.25) is 0 Å². The van der Waals surface area contributed by atoms with Gasteiger partial charge in [0.05, 0.1) is 17.3 Å². The number of para-hydroxylation sites is 1. The number of hydrogen-bond acceptors (Lipinski definition) is 3. The summed E-state index contributed by atoms with van der Waals surface area (Å²) in [5, 5.41) is 13.7. The molecular weight excluding hydrogens is 469 g/mol. The highest BCUT2D eigenvalue weighted by Gasteiger charge is 2.27. The summed E-state index contributed by atoms with van der Waals surface area (Å²) < 4.78 is 21.6. The Hall–Kier alpha value is -4.36. The summed E-state index contributed by atoms with van der Waals surface area (Å²) in [5.74, 6) is -0.610. The Labute approximate surface area is 222 Å². The number of rotatable bonds is 2. The second-order valence-corrected chi connectivity index (χ2v) is 10.5. The first kappa shape index (κ1) is 24.0. The number of hydrogen-bond donors (Lipinski definition) is 0. The zero-order valence-corrected chi connectivity index (χ0v) is 21.3. The minimum absolute atomic E-state index is 0.215. The predicted octanol–water partition coefficient (Wildman–Crippen LogP) is 6.36. The molecule has 0 atom stereocenters. The molecule has 2 aromatic heterocycles. The van der Waals surface area contributed by atoms with Crippen molar-refractivity contribution >= 4 is 59.5 Å². The van der Waals surface area contributed by atoms with Gasteiger partial charge in [-0.3, -0.25) is 4.98 Å². The fourth-order valence-corrected chi connectivity index (χ4v) is 5.30. The highest BCUT2D eigenvalue weighted by atomic mass is 19.1. The SMILES string of the molecule is [B]c1nc(-c2cccc3c2oc2c(-c4ccc5ccccc5c4)ccc(C#N)c23)c([B])c(C(C)(C)C)c1F. The predicted molar refractivity (Wildman–Crippen MR) is 154 cm³/mol. The van der Waals surface area contributed by atoms with E-state index in [1.165, 1.54) is 0 Å². The number of fused-ring (bicyclic) bond motifs is 4. The van der Waals surface area contributed by atoms with Gasteiger partial charge in [0.15, 0.2) is 0 Å². The first-order chi connectivity index (χ1) is 18.2. The summed E-state index contributed by atoms with van der Waals surface area (Å²) in [6.45, 7) is 5.63. The van der Waals surface area contributed by atoms with E-state index in [1.807, 2.05) is 69.3 Å². The largest absolute Gasteiger partial charge is 0.455 e. The van der Waals surface area contributed by atoms with Crippen LogP contribution in [0.3, 0.4) is 0 Å². The standard InChI is InChI=1S/C32H21B2FN2O/c1-32(2,3)25-26(33)28(37-31(34)27(25)35)23-10-6-9-22-24-20(16-36)13-14-21(30(24)38-29(22)23)19-12-11-17-7-4-5-8-18(17)15-19/h4-15H,1-3H3. The van der Waals surface area contributed by atoms with Crippen molar-refractivity contribution in [2.75, 3.05) is 0 Å². The summed E-state index contributed by atoms with van der Waals surface area (Å²) in [4.78, 5) is 4.35. The summed E-state index contributed by atoms with van der Waals surface area (Å²) >= 11 is 0. The second-order valence-electron chi connectivity index (χ2n) is 10.5. The average Bonchev–Trinajstić information content (AvgIpc) is 3.29. The molecule has 0 amide bonds. The van der Waals surface area contributed by atoms with Crippen LogP contribution in [0.15, 0.2) is 77.2 Å². The third kappa shape index (κ3) is 3.62. The molecule has 0 aliphatic carbocycles. The van der Waals surface area contributed by atoms with Gasteiger partial charge in [-0.15, -0.1) is 0 Å². The Balaban J connectivity index is 1.68. The zero-order chi connectivity index (χ0) is 26.8. The third-order valence-corrected chi connectivity index (χ3v) is 7.03. The molecule has 38 heavy (non-hydrogen) atoms. The van der Waals surface area contributed by atoms with E-state index in [9.17, 15) is 5.26 Å². The molecule has 0 saturated heterocycles. The Kier molecular flexibility index (Phi) is 5.43. The summed E-state index contributed by atoms with van der Waals surface area (Å²) in [5.41, 5.74) is 4.07. The van der Waals surface area contributed by atoms with Crippen LogP contribution in [0.25, 0.3) is 55.1 Å². The number of pyridine rings is 1. The molecule has 2 heterocycles. The topological polar surface area (TPSA) is 49.8 Å². The van der Waals surface area contributed by atoms with E-state index in [2.05, 4.69) is 35.3 Å². The molecule has 0 fully saturated rings. The van der Waals surface area contributed by atoms with Gasteiger partial charge in [-0.2, -0.15) is 5.26 Å². The van der Waals surface area contributed by atoms with Crippen molar-refractivity contribution < 1.29 is 8.81 Å². The molecule has 6 rings (SSSR count). The number of aromatic nitrogens is 1. The highest BCUT2D eigenvalue weighted by molar-refractivity contribution is 6.39. The van der Waals surface area contributed by atoms with E-state index in [-0.39, 0.29) is 11.1 Å². The molecule has 0 saturated carbocycles. The maximum absolute atomic E-state index is 15.1. The molecule has 0 bridgehead atoms. The summed E-state index contributed by atoms with van der Waals surface area (Å²) in [7, 11) is 12.6. The van der Waals surface area contributed by atoms with Crippen molar-refractivity contribution in [2.45, 2.75) is 26.2 Å². The van der Waals surface area contributed by atoms with E-state index >= 15 is 4.39 Å². The molecule has 0 spiro atoms. The zero-order valence-electron chi connectivity index (χ0n) is 21.3. The van der Waals surface area contributed by atoms with Crippen LogP contribution in [-0.2, 0) is 5.41 Å². The summed E-state index contributed by atoms with van der Waals surface area (Å²) in [6, 6.07) is 26.0. The normalized spacial score (nSPS) is 11.9. The maximum atomic E-state index is 15.1. The van der Waals surface area contributed by atoms with Crippen LogP contribution in [0.4, 0.5) is 4.39 Å². The van der Waals surface area contributed by atoms with Crippen molar-refractivity contribution in [1.82, 2.24) is 4.98 Å². The molecule has 6 aromatic rings. The fourth-order valence-electron chi connectivity index (χ4n) is 5.30. The van der Waals surface area contributed by atoms with Crippen molar-refractivity contribution in [3.8, 4) is 28.5 Å². The maximum Gasteiger partial charge on any atom is 0.145 e.